The minimum absolute atomic E-state index is 0.101. The molecule has 1 heterocycles. The average Bonchev–Trinajstić information content (AvgIpc) is 2.67. The Morgan fingerprint density at radius 3 is 2.48 bits per heavy atom. The summed E-state index contributed by atoms with van der Waals surface area (Å²) in [4.78, 5) is 17.6. The van der Waals surface area contributed by atoms with E-state index in [9.17, 15) is 4.79 Å². The standard InChI is InChI=1S/C23H34N2OS/c1-19(2)25-17-12-15-21(22(26)20-13-8-7-9-14-20)23(25)27-18-11-6-5-10-16-24(3)4/h7-9,12-15,17,19,23H,5-6,10-11,16,18H2,1-4H3. The number of unbranched alkanes of at least 4 members (excludes halogenated alkanes) is 3. The number of thioether (sulfide) groups is 1. The maximum Gasteiger partial charge on any atom is 0.191 e. The lowest BCUT2D eigenvalue weighted by Crippen LogP contribution is -2.39. The summed E-state index contributed by atoms with van der Waals surface area (Å²) in [5.41, 5.74) is 1.67. The molecule has 0 amide bonds. The third-order valence-electron chi connectivity index (χ3n) is 4.74. The van der Waals surface area contributed by atoms with E-state index in [1.165, 1.54) is 32.2 Å². The van der Waals surface area contributed by atoms with Crippen molar-refractivity contribution in [3.05, 3.63) is 59.8 Å². The van der Waals surface area contributed by atoms with Gasteiger partial charge in [-0.25, -0.2) is 0 Å². The summed E-state index contributed by atoms with van der Waals surface area (Å²) in [7, 11) is 4.26. The molecule has 0 saturated carbocycles. The van der Waals surface area contributed by atoms with Gasteiger partial charge in [-0.1, -0.05) is 49.2 Å². The normalized spacial score (nSPS) is 16.9. The first-order valence-electron chi connectivity index (χ1n) is 10.0. The van der Waals surface area contributed by atoms with Crippen molar-refractivity contribution >= 4 is 17.5 Å². The van der Waals surface area contributed by atoms with Crippen LogP contribution in [-0.4, -0.2) is 53.4 Å². The molecule has 4 heteroatoms. The molecule has 1 atom stereocenters. The third kappa shape index (κ3) is 6.86. The van der Waals surface area contributed by atoms with Crippen molar-refractivity contribution in [2.75, 3.05) is 26.4 Å². The number of carbonyl (C=O) groups is 1. The molecule has 0 spiro atoms. The second-order valence-corrected chi connectivity index (χ2v) is 8.83. The summed E-state index contributed by atoms with van der Waals surface area (Å²) in [6, 6.07) is 10.0. The van der Waals surface area contributed by atoms with Gasteiger partial charge in [0.05, 0.1) is 0 Å². The smallest absolute Gasteiger partial charge is 0.191 e. The third-order valence-corrected chi connectivity index (χ3v) is 6.08. The summed E-state index contributed by atoms with van der Waals surface area (Å²) in [6.45, 7) is 5.55. The summed E-state index contributed by atoms with van der Waals surface area (Å²) in [5.74, 6) is 1.23. The van der Waals surface area contributed by atoms with Crippen LogP contribution in [0.2, 0.25) is 0 Å². The topological polar surface area (TPSA) is 23.6 Å². The van der Waals surface area contributed by atoms with E-state index in [4.69, 9.17) is 0 Å². The molecule has 0 fully saturated rings. The molecule has 148 valence electrons. The van der Waals surface area contributed by atoms with Gasteiger partial charge in [-0.15, -0.1) is 11.8 Å². The SMILES string of the molecule is CC(C)N1C=CC=C(C(=O)c2ccccc2)C1SCCCCCCN(C)C. The van der Waals surface area contributed by atoms with Crippen molar-refractivity contribution < 1.29 is 4.79 Å². The van der Waals surface area contributed by atoms with Crippen LogP contribution in [0.3, 0.4) is 0 Å². The van der Waals surface area contributed by atoms with Crippen LogP contribution in [0.5, 0.6) is 0 Å². The van der Waals surface area contributed by atoms with Crippen LogP contribution in [0.15, 0.2) is 54.3 Å². The number of hydrogen-bond acceptors (Lipinski definition) is 4. The zero-order valence-electron chi connectivity index (χ0n) is 17.2. The van der Waals surface area contributed by atoms with Gasteiger partial charge in [-0.3, -0.25) is 4.79 Å². The molecular formula is C23H34N2OS. The number of rotatable bonds is 11. The van der Waals surface area contributed by atoms with Crippen LogP contribution in [-0.2, 0) is 0 Å². The van der Waals surface area contributed by atoms with Crippen molar-refractivity contribution in [3.8, 4) is 0 Å². The van der Waals surface area contributed by atoms with Crippen LogP contribution in [0.4, 0.5) is 0 Å². The zero-order chi connectivity index (χ0) is 19.6. The van der Waals surface area contributed by atoms with Gasteiger partial charge in [-0.05, 0) is 59.2 Å². The van der Waals surface area contributed by atoms with Crippen molar-refractivity contribution in [2.24, 2.45) is 0 Å². The van der Waals surface area contributed by atoms with Gasteiger partial charge in [-0.2, -0.15) is 0 Å². The number of ketones is 1. The molecular weight excluding hydrogens is 352 g/mol. The summed E-state index contributed by atoms with van der Waals surface area (Å²) < 4.78 is 0. The first-order valence-corrected chi connectivity index (χ1v) is 11.1. The number of carbonyl (C=O) groups excluding carboxylic acids is 1. The number of hydrogen-bond donors (Lipinski definition) is 0. The molecule has 1 aromatic carbocycles. The lowest BCUT2D eigenvalue weighted by atomic mass is 10.0. The minimum atomic E-state index is 0.101. The monoisotopic (exact) mass is 386 g/mol. The lowest BCUT2D eigenvalue weighted by Gasteiger charge is -2.36. The van der Waals surface area contributed by atoms with E-state index in [0.29, 0.717) is 6.04 Å². The maximum atomic E-state index is 13.1. The predicted molar refractivity (Wildman–Crippen MR) is 118 cm³/mol. The number of Topliss-reactive ketones (excluding diaryl/α,β-unsaturated/α-hetero) is 1. The highest BCUT2D eigenvalue weighted by Crippen LogP contribution is 2.31. The predicted octanol–water partition coefficient (Wildman–Crippen LogP) is 5.21. The molecule has 1 aromatic rings. The molecule has 1 unspecified atom stereocenters. The van der Waals surface area contributed by atoms with Crippen LogP contribution < -0.4 is 0 Å². The Balaban J connectivity index is 1.95. The zero-order valence-corrected chi connectivity index (χ0v) is 18.0. The van der Waals surface area contributed by atoms with E-state index < -0.39 is 0 Å². The van der Waals surface area contributed by atoms with Gasteiger partial charge < -0.3 is 9.80 Å². The van der Waals surface area contributed by atoms with Crippen LogP contribution >= 0.6 is 11.8 Å². The largest absolute Gasteiger partial charge is 0.359 e. The van der Waals surface area contributed by atoms with E-state index in [0.717, 1.165) is 16.9 Å². The number of benzene rings is 1. The Kier molecular flexibility index (Phi) is 9.16. The fourth-order valence-corrected chi connectivity index (χ4v) is 4.65. The minimum Gasteiger partial charge on any atom is -0.359 e. The second-order valence-electron chi connectivity index (χ2n) is 7.64. The summed E-state index contributed by atoms with van der Waals surface area (Å²) >= 11 is 1.90. The van der Waals surface area contributed by atoms with Crippen molar-refractivity contribution in [2.45, 2.75) is 50.9 Å². The summed E-state index contributed by atoms with van der Waals surface area (Å²) in [6.07, 6.45) is 11.1. The first-order chi connectivity index (χ1) is 13.0. The van der Waals surface area contributed by atoms with Gasteiger partial charge in [0.1, 0.15) is 5.37 Å². The number of allylic oxidation sites excluding steroid dienone is 2. The van der Waals surface area contributed by atoms with Gasteiger partial charge in [0.25, 0.3) is 0 Å². The van der Waals surface area contributed by atoms with E-state index in [2.05, 4.69) is 43.9 Å². The van der Waals surface area contributed by atoms with Crippen LogP contribution in [0.25, 0.3) is 0 Å². The fraction of sp³-hybridized carbons (Fsp3) is 0.522. The molecule has 2 rings (SSSR count). The molecule has 0 bridgehead atoms. The highest BCUT2D eigenvalue weighted by molar-refractivity contribution is 8.00. The Hall–Kier alpha value is -1.52. The van der Waals surface area contributed by atoms with E-state index in [1.54, 1.807) is 0 Å². The molecule has 0 saturated heterocycles. The highest BCUT2D eigenvalue weighted by atomic mass is 32.2. The van der Waals surface area contributed by atoms with E-state index in [-0.39, 0.29) is 11.2 Å². The van der Waals surface area contributed by atoms with Gasteiger partial charge >= 0.3 is 0 Å². The first kappa shape index (κ1) is 21.8. The molecule has 27 heavy (non-hydrogen) atoms. The van der Waals surface area contributed by atoms with Gasteiger partial charge in [0, 0.05) is 23.4 Å². The quantitative estimate of drug-likeness (QED) is 0.384. The highest BCUT2D eigenvalue weighted by Gasteiger charge is 2.29. The molecule has 1 aliphatic rings. The van der Waals surface area contributed by atoms with Crippen LogP contribution in [0, 0.1) is 0 Å². The Bertz CT molecular complexity index is 637. The van der Waals surface area contributed by atoms with Crippen molar-refractivity contribution in [1.29, 1.82) is 0 Å². The molecule has 0 aromatic heterocycles. The Labute approximate surface area is 169 Å². The molecule has 0 N–H and O–H groups in total. The molecule has 0 radical (unpaired) electrons. The maximum absolute atomic E-state index is 13.1. The van der Waals surface area contributed by atoms with E-state index >= 15 is 0 Å². The number of nitrogens with zero attached hydrogens (tertiary/aromatic N) is 2. The molecule has 3 nitrogen and oxygen atoms in total. The molecule has 0 aliphatic carbocycles. The van der Waals surface area contributed by atoms with Gasteiger partial charge in [0.2, 0.25) is 0 Å². The van der Waals surface area contributed by atoms with E-state index in [1.807, 2.05) is 54.2 Å². The summed E-state index contributed by atoms with van der Waals surface area (Å²) in [5, 5.41) is 0.101. The average molecular weight is 387 g/mol. The van der Waals surface area contributed by atoms with Crippen molar-refractivity contribution in [3.63, 3.8) is 0 Å². The fourth-order valence-electron chi connectivity index (χ4n) is 3.21. The lowest BCUT2D eigenvalue weighted by molar-refractivity contribution is 0.102. The molecule has 1 aliphatic heterocycles. The van der Waals surface area contributed by atoms with Crippen LogP contribution in [0.1, 0.15) is 49.9 Å². The van der Waals surface area contributed by atoms with Crippen molar-refractivity contribution in [1.82, 2.24) is 9.80 Å². The Morgan fingerprint density at radius 1 is 1.11 bits per heavy atom. The Morgan fingerprint density at radius 2 is 1.81 bits per heavy atom. The second kappa shape index (κ2) is 11.4. The van der Waals surface area contributed by atoms with Gasteiger partial charge in [0.15, 0.2) is 5.78 Å².